The number of benzene rings is 1. The van der Waals surface area contributed by atoms with Gasteiger partial charge in [-0.1, -0.05) is 0 Å². The highest BCUT2D eigenvalue weighted by molar-refractivity contribution is 5.45. The molecule has 0 spiro atoms. The van der Waals surface area contributed by atoms with Gasteiger partial charge in [0, 0.05) is 18.8 Å². The normalized spacial score (nSPS) is 10.6. The maximum Gasteiger partial charge on any atom is 0.171 e. The third-order valence-corrected chi connectivity index (χ3v) is 2.61. The molecule has 4 nitrogen and oxygen atoms in total. The molecule has 2 rings (SSSR count). The van der Waals surface area contributed by atoms with E-state index in [-0.39, 0.29) is 5.75 Å². The molecule has 1 aromatic carbocycles. The lowest BCUT2D eigenvalue weighted by atomic mass is 10.3. The number of rotatable bonds is 2. The smallest absolute Gasteiger partial charge is 0.171 e. The van der Waals surface area contributed by atoms with Crippen LogP contribution < -0.4 is 10.5 Å². The summed E-state index contributed by atoms with van der Waals surface area (Å²) in [7, 11) is 1.81. The predicted molar refractivity (Wildman–Crippen MR) is 63.6 cm³/mol. The molecule has 1 aromatic heterocycles. The van der Waals surface area contributed by atoms with Gasteiger partial charge in [-0.05, 0) is 26.0 Å². The lowest BCUT2D eigenvalue weighted by Crippen LogP contribution is -1.94. The Balaban J connectivity index is 2.38. The van der Waals surface area contributed by atoms with Crippen LogP contribution in [0.2, 0.25) is 0 Å². The number of hydrogen-bond donors (Lipinski definition) is 1. The van der Waals surface area contributed by atoms with Crippen LogP contribution in [0.1, 0.15) is 11.4 Å². The standard InChI is InChI=1S/C12H14FN3O/c1-7-12(8(2)16(3)15-7)17-11-5-4-9(14)6-10(11)13/h4-6H,14H2,1-3H3. The molecule has 0 aliphatic rings. The van der Waals surface area contributed by atoms with Crippen molar-refractivity contribution in [2.24, 2.45) is 7.05 Å². The molecule has 0 unspecified atom stereocenters. The van der Waals surface area contributed by atoms with Crippen molar-refractivity contribution in [2.75, 3.05) is 5.73 Å². The SMILES string of the molecule is Cc1nn(C)c(C)c1Oc1ccc(N)cc1F. The second kappa shape index (κ2) is 4.08. The zero-order valence-corrected chi connectivity index (χ0v) is 9.99. The molecule has 0 atom stereocenters. The maximum absolute atomic E-state index is 13.6. The Morgan fingerprint density at radius 1 is 1.35 bits per heavy atom. The van der Waals surface area contributed by atoms with Crippen LogP contribution >= 0.6 is 0 Å². The van der Waals surface area contributed by atoms with E-state index in [9.17, 15) is 4.39 Å². The molecule has 90 valence electrons. The third-order valence-electron chi connectivity index (χ3n) is 2.61. The number of nitrogens with zero attached hydrogens (tertiary/aromatic N) is 2. The van der Waals surface area contributed by atoms with E-state index in [0.717, 1.165) is 11.4 Å². The summed E-state index contributed by atoms with van der Waals surface area (Å²) < 4.78 is 20.8. The van der Waals surface area contributed by atoms with E-state index >= 15 is 0 Å². The van der Waals surface area contributed by atoms with E-state index in [1.807, 2.05) is 20.9 Å². The highest BCUT2D eigenvalue weighted by atomic mass is 19.1. The second-order valence-corrected chi connectivity index (χ2v) is 3.92. The fraction of sp³-hybridized carbons (Fsp3) is 0.250. The van der Waals surface area contributed by atoms with Gasteiger partial charge < -0.3 is 10.5 Å². The van der Waals surface area contributed by atoms with Crippen molar-refractivity contribution < 1.29 is 9.13 Å². The monoisotopic (exact) mass is 235 g/mol. The van der Waals surface area contributed by atoms with Gasteiger partial charge in [0.05, 0.1) is 5.69 Å². The minimum Gasteiger partial charge on any atom is -0.450 e. The molecule has 2 aromatic rings. The Morgan fingerprint density at radius 3 is 2.59 bits per heavy atom. The first-order valence-corrected chi connectivity index (χ1v) is 5.22. The predicted octanol–water partition coefficient (Wildman–Crippen LogP) is 2.55. The summed E-state index contributed by atoms with van der Waals surface area (Å²) in [6, 6.07) is 4.34. The molecule has 5 heteroatoms. The molecule has 0 aliphatic carbocycles. The Kier molecular flexibility index (Phi) is 2.75. The fourth-order valence-electron chi connectivity index (χ4n) is 1.61. The van der Waals surface area contributed by atoms with E-state index in [2.05, 4.69) is 5.10 Å². The van der Waals surface area contributed by atoms with Crippen LogP contribution in [0, 0.1) is 19.7 Å². The zero-order chi connectivity index (χ0) is 12.6. The molecule has 0 amide bonds. The Hall–Kier alpha value is -2.04. The number of aryl methyl sites for hydroxylation is 2. The molecule has 0 bridgehead atoms. The van der Waals surface area contributed by atoms with Crippen molar-refractivity contribution in [3.63, 3.8) is 0 Å². The largest absolute Gasteiger partial charge is 0.450 e. The van der Waals surface area contributed by atoms with Gasteiger partial charge in [0.15, 0.2) is 17.3 Å². The molecule has 1 heterocycles. The zero-order valence-electron chi connectivity index (χ0n) is 9.99. The minimum atomic E-state index is -0.479. The highest BCUT2D eigenvalue weighted by Gasteiger charge is 2.13. The Labute approximate surface area is 98.8 Å². The van der Waals surface area contributed by atoms with E-state index in [4.69, 9.17) is 10.5 Å². The first kappa shape index (κ1) is 11.4. The second-order valence-electron chi connectivity index (χ2n) is 3.92. The van der Waals surface area contributed by atoms with Crippen molar-refractivity contribution in [1.29, 1.82) is 0 Å². The summed E-state index contributed by atoms with van der Waals surface area (Å²) in [4.78, 5) is 0. The van der Waals surface area contributed by atoms with Gasteiger partial charge in [-0.25, -0.2) is 4.39 Å². The summed E-state index contributed by atoms with van der Waals surface area (Å²) >= 11 is 0. The van der Waals surface area contributed by atoms with E-state index in [1.165, 1.54) is 12.1 Å². The van der Waals surface area contributed by atoms with Crippen molar-refractivity contribution >= 4 is 5.69 Å². The van der Waals surface area contributed by atoms with Crippen LogP contribution in [-0.2, 0) is 7.05 Å². The van der Waals surface area contributed by atoms with Gasteiger partial charge in [0.2, 0.25) is 0 Å². The van der Waals surface area contributed by atoms with Crippen LogP contribution in [0.25, 0.3) is 0 Å². The van der Waals surface area contributed by atoms with Gasteiger partial charge in [-0.3, -0.25) is 4.68 Å². The van der Waals surface area contributed by atoms with Gasteiger partial charge >= 0.3 is 0 Å². The topological polar surface area (TPSA) is 53.1 Å². The number of anilines is 1. The summed E-state index contributed by atoms with van der Waals surface area (Å²) in [6.45, 7) is 3.68. The average Bonchev–Trinajstić information content (AvgIpc) is 2.48. The number of ether oxygens (including phenoxy) is 1. The van der Waals surface area contributed by atoms with Crippen LogP contribution in [-0.4, -0.2) is 9.78 Å². The first-order valence-electron chi connectivity index (χ1n) is 5.22. The lowest BCUT2D eigenvalue weighted by Gasteiger charge is -2.07. The Bertz CT molecular complexity index is 563. The Morgan fingerprint density at radius 2 is 2.06 bits per heavy atom. The van der Waals surface area contributed by atoms with Crippen LogP contribution in [0.15, 0.2) is 18.2 Å². The first-order chi connectivity index (χ1) is 7.99. The molecule has 2 N–H and O–H groups in total. The van der Waals surface area contributed by atoms with E-state index < -0.39 is 5.82 Å². The summed E-state index contributed by atoms with van der Waals surface area (Å²) in [5.41, 5.74) is 7.41. The third kappa shape index (κ3) is 2.08. The van der Waals surface area contributed by atoms with Crippen LogP contribution in [0.4, 0.5) is 10.1 Å². The molecule has 0 saturated heterocycles. The van der Waals surface area contributed by atoms with Crippen molar-refractivity contribution in [3.8, 4) is 11.5 Å². The molecular weight excluding hydrogens is 221 g/mol. The fourth-order valence-corrected chi connectivity index (χ4v) is 1.61. The van der Waals surface area contributed by atoms with Crippen LogP contribution in [0.5, 0.6) is 11.5 Å². The van der Waals surface area contributed by atoms with Gasteiger partial charge in [0.25, 0.3) is 0 Å². The highest BCUT2D eigenvalue weighted by Crippen LogP contribution is 2.30. The van der Waals surface area contributed by atoms with E-state index in [1.54, 1.807) is 10.7 Å². The molecular formula is C12H14FN3O. The van der Waals surface area contributed by atoms with Gasteiger partial charge in [0.1, 0.15) is 5.69 Å². The maximum atomic E-state index is 13.6. The molecule has 0 radical (unpaired) electrons. The van der Waals surface area contributed by atoms with E-state index in [0.29, 0.717) is 11.4 Å². The van der Waals surface area contributed by atoms with Gasteiger partial charge in [-0.2, -0.15) is 5.10 Å². The quantitative estimate of drug-likeness (QED) is 0.814. The van der Waals surface area contributed by atoms with Crippen LogP contribution in [0.3, 0.4) is 0 Å². The number of nitrogen functional groups attached to an aromatic ring is 1. The lowest BCUT2D eigenvalue weighted by molar-refractivity contribution is 0.436. The number of hydrogen-bond acceptors (Lipinski definition) is 3. The molecule has 0 aliphatic heterocycles. The van der Waals surface area contributed by atoms with Crippen molar-refractivity contribution in [3.05, 3.63) is 35.4 Å². The van der Waals surface area contributed by atoms with Gasteiger partial charge in [-0.15, -0.1) is 0 Å². The number of halogens is 1. The number of nitrogens with two attached hydrogens (primary N) is 1. The number of aromatic nitrogens is 2. The molecule has 0 saturated carbocycles. The van der Waals surface area contributed by atoms with Crippen molar-refractivity contribution in [2.45, 2.75) is 13.8 Å². The van der Waals surface area contributed by atoms with Crippen molar-refractivity contribution in [1.82, 2.24) is 9.78 Å². The average molecular weight is 235 g/mol. The summed E-state index contributed by atoms with van der Waals surface area (Å²) in [5.74, 6) is 0.252. The minimum absolute atomic E-state index is 0.151. The summed E-state index contributed by atoms with van der Waals surface area (Å²) in [6.07, 6.45) is 0. The molecule has 17 heavy (non-hydrogen) atoms. The summed E-state index contributed by atoms with van der Waals surface area (Å²) in [5, 5.41) is 4.20. The molecule has 0 fully saturated rings.